The summed E-state index contributed by atoms with van der Waals surface area (Å²) in [5.74, 6) is 0.124. The number of nitrogens with zero attached hydrogens (tertiary/aromatic N) is 1. The Morgan fingerprint density at radius 3 is 2.78 bits per heavy atom. The molecule has 102 valence electrons. The van der Waals surface area contributed by atoms with Gasteiger partial charge in [-0.2, -0.15) is 11.8 Å². The summed E-state index contributed by atoms with van der Waals surface area (Å²) in [6.45, 7) is 0.995. The molecule has 0 aromatic carbocycles. The first-order chi connectivity index (χ1) is 8.54. The van der Waals surface area contributed by atoms with Gasteiger partial charge in [0.25, 0.3) is 0 Å². The Balaban J connectivity index is 2.38. The van der Waals surface area contributed by atoms with Gasteiger partial charge in [-0.1, -0.05) is 0 Å². The lowest BCUT2D eigenvalue weighted by atomic mass is 10.2. The van der Waals surface area contributed by atoms with Gasteiger partial charge in [0, 0.05) is 38.1 Å². The lowest BCUT2D eigenvalue weighted by Gasteiger charge is -2.32. The van der Waals surface area contributed by atoms with Gasteiger partial charge in [0.15, 0.2) is 0 Å². The monoisotopic (exact) mass is 275 g/mol. The first kappa shape index (κ1) is 14.8. The molecule has 1 heterocycles. The van der Waals surface area contributed by atoms with Gasteiger partial charge in [0.1, 0.15) is 6.04 Å². The summed E-state index contributed by atoms with van der Waals surface area (Å²) in [5, 5.41) is 13.5. The minimum Gasteiger partial charge on any atom is -0.480 e. The Morgan fingerprint density at radius 2 is 2.17 bits per heavy atom. The molecule has 3 amide bonds. The SMILES string of the molecule is CNC(=O)NC(=O)CCN1CCSCC1C(=O)O. The van der Waals surface area contributed by atoms with Crippen LogP contribution in [0.2, 0.25) is 0 Å². The Labute approximate surface area is 109 Å². The standard InChI is InChI=1S/C10H17N3O4S/c1-11-10(17)12-8(14)2-3-13-4-5-18-6-7(13)9(15)16/h7H,2-6H2,1H3,(H,15,16)(H2,11,12,14,17). The second-order valence-corrected chi connectivity index (χ2v) is 4.99. The number of urea groups is 1. The highest BCUT2D eigenvalue weighted by atomic mass is 32.2. The number of rotatable bonds is 4. The second kappa shape index (κ2) is 7.22. The molecule has 0 aromatic heterocycles. The molecule has 0 spiro atoms. The van der Waals surface area contributed by atoms with Crippen LogP contribution in [0.15, 0.2) is 0 Å². The minimum absolute atomic E-state index is 0.113. The van der Waals surface area contributed by atoms with Crippen LogP contribution in [0.1, 0.15) is 6.42 Å². The smallest absolute Gasteiger partial charge is 0.321 e. The second-order valence-electron chi connectivity index (χ2n) is 3.84. The van der Waals surface area contributed by atoms with Crippen molar-refractivity contribution in [1.29, 1.82) is 0 Å². The molecular weight excluding hydrogens is 258 g/mol. The van der Waals surface area contributed by atoms with Crippen molar-refractivity contribution < 1.29 is 19.5 Å². The molecule has 1 rings (SSSR count). The zero-order valence-corrected chi connectivity index (χ0v) is 11.0. The molecule has 0 radical (unpaired) electrons. The highest BCUT2D eigenvalue weighted by Gasteiger charge is 2.28. The quantitative estimate of drug-likeness (QED) is 0.629. The van der Waals surface area contributed by atoms with Crippen molar-refractivity contribution >= 4 is 29.7 Å². The van der Waals surface area contributed by atoms with E-state index < -0.39 is 23.9 Å². The number of hydrogen-bond donors (Lipinski definition) is 3. The molecule has 0 bridgehead atoms. The number of thioether (sulfide) groups is 1. The molecule has 1 aliphatic rings. The minimum atomic E-state index is -0.867. The van der Waals surface area contributed by atoms with Crippen molar-refractivity contribution in [2.45, 2.75) is 12.5 Å². The summed E-state index contributed by atoms with van der Waals surface area (Å²) >= 11 is 1.60. The fourth-order valence-electron chi connectivity index (χ4n) is 1.63. The summed E-state index contributed by atoms with van der Waals surface area (Å²) in [7, 11) is 1.42. The Kier molecular flexibility index (Phi) is 5.93. The summed E-state index contributed by atoms with van der Waals surface area (Å²) in [5.41, 5.74) is 0. The maximum Gasteiger partial charge on any atom is 0.321 e. The Bertz CT molecular complexity index is 337. The number of carbonyl (C=O) groups is 3. The Morgan fingerprint density at radius 1 is 1.44 bits per heavy atom. The van der Waals surface area contributed by atoms with Crippen molar-refractivity contribution in [3.8, 4) is 0 Å². The lowest BCUT2D eigenvalue weighted by molar-refractivity contribution is -0.142. The fourth-order valence-corrected chi connectivity index (χ4v) is 2.74. The van der Waals surface area contributed by atoms with Crippen molar-refractivity contribution in [1.82, 2.24) is 15.5 Å². The molecule has 8 heteroatoms. The lowest BCUT2D eigenvalue weighted by Crippen LogP contribution is -2.48. The van der Waals surface area contributed by atoms with E-state index >= 15 is 0 Å². The van der Waals surface area contributed by atoms with Crippen LogP contribution >= 0.6 is 11.8 Å². The third-order valence-corrected chi connectivity index (χ3v) is 3.65. The summed E-state index contributed by atoms with van der Waals surface area (Å²) < 4.78 is 0. The van der Waals surface area contributed by atoms with Crippen LogP contribution in [-0.2, 0) is 9.59 Å². The largest absolute Gasteiger partial charge is 0.480 e. The molecule has 0 aromatic rings. The van der Waals surface area contributed by atoms with Gasteiger partial charge in [0.2, 0.25) is 5.91 Å². The van der Waals surface area contributed by atoms with Crippen LogP contribution in [0.4, 0.5) is 4.79 Å². The number of hydrogen-bond acceptors (Lipinski definition) is 5. The van der Waals surface area contributed by atoms with Crippen LogP contribution in [0.3, 0.4) is 0 Å². The zero-order chi connectivity index (χ0) is 13.5. The van der Waals surface area contributed by atoms with E-state index in [0.717, 1.165) is 5.75 Å². The number of imide groups is 1. The summed E-state index contributed by atoms with van der Waals surface area (Å²) in [6.07, 6.45) is 0.113. The van der Waals surface area contributed by atoms with Crippen molar-refractivity contribution in [3.05, 3.63) is 0 Å². The highest BCUT2D eigenvalue weighted by molar-refractivity contribution is 7.99. The molecule has 1 saturated heterocycles. The fraction of sp³-hybridized carbons (Fsp3) is 0.700. The van der Waals surface area contributed by atoms with E-state index in [0.29, 0.717) is 18.8 Å². The third-order valence-electron chi connectivity index (χ3n) is 2.63. The first-order valence-electron chi connectivity index (χ1n) is 5.60. The molecule has 18 heavy (non-hydrogen) atoms. The number of carboxylic acid groups (broad SMARTS) is 1. The highest BCUT2D eigenvalue weighted by Crippen LogP contribution is 2.16. The van der Waals surface area contributed by atoms with Crippen LogP contribution in [0.5, 0.6) is 0 Å². The molecule has 3 N–H and O–H groups in total. The van der Waals surface area contributed by atoms with Gasteiger partial charge in [-0.3, -0.25) is 19.8 Å². The van der Waals surface area contributed by atoms with Gasteiger partial charge >= 0.3 is 12.0 Å². The van der Waals surface area contributed by atoms with E-state index in [1.807, 2.05) is 0 Å². The molecule has 1 unspecified atom stereocenters. The van der Waals surface area contributed by atoms with Crippen molar-refractivity contribution in [3.63, 3.8) is 0 Å². The van der Waals surface area contributed by atoms with E-state index in [-0.39, 0.29) is 6.42 Å². The van der Waals surface area contributed by atoms with E-state index in [1.54, 1.807) is 16.7 Å². The van der Waals surface area contributed by atoms with Gasteiger partial charge < -0.3 is 10.4 Å². The maximum absolute atomic E-state index is 11.4. The molecule has 0 aliphatic carbocycles. The first-order valence-corrected chi connectivity index (χ1v) is 6.76. The van der Waals surface area contributed by atoms with E-state index in [1.165, 1.54) is 7.05 Å². The van der Waals surface area contributed by atoms with Crippen LogP contribution in [-0.4, -0.2) is 65.6 Å². The molecule has 1 atom stereocenters. The average Bonchev–Trinajstić information content (AvgIpc) is 2.36. The number of aliphatic carboxylic acids is 1. The molecule has 1 aliphatic heterocycles. The predicted molar refractivity (Wildman–Crippen MR) is 67.5 cm³/mol. The molecule has 1 fully saturated rings. The number of amides is 3. The third kappa shape index (κ3) is 4.53. The van der Waals surface area contributed by atoms with Crippen LogP contribution in [0.25, 0.3) is 0 Å². The number of carboxylic acids is 1. The van der Waals surface area contributed by atoms with E-state index in [4.69, 9.17) is 5.11 Å². The van der Waals surface area contributed by atoms with Crippen molar-refractivity contribution in [2.75, 3.05) is 31.6 Å². The van der Waals surface area contributed by atoms with E-state index in [9.17, 15) is 14.4 Å². The number of nitrogens with one attached hydrogen (secondary N) is 2. The zero-order valence-electron chi connectivity index (χ0n) is 10.1. The van der Waals surface area contributed by atoms with Gasteiger partial charge in [-0.15, -0.1) is 0 Å². The summed E-state index contributed by atoms with van der Waals surface area (Å²) in [6, 6.07) is -1.10. The Hall–Kier alpha value is -1.28. The number of carbonyl (C=O) groups excluding carboxylic acids is 2. The summed E-state index contributed by atoms with van der Waals surface area (Å²) in [4.78, 5) is 35.1. The predicted octanol–water partition coefficient (Wildman–Crippen LogP) is -0.666. The van der Waals surface area contributed by atoms with Gasteiger partial charge in [0.05, 0.1) is 0 Å². The average molecular weight is 275 g/mol. The van der Waals surface area contributed by atoms with Crippen LogP contribution < -0.4 is 10.6 Å². The topological polar surface area (TPSA) is 98.7 Å². The van der Waals surface area contributed by atoms with Crippen molar-refractivity contribution in [2.24, 2.45) is 0 Å². The van der Waals surface area contributed by atoms with Gasteiger partial charge in [-0.25, -0.2) is 4.79 Å². The van der Waals surface area contributed by atoms with Crippen LogP contribution in [0, 0.1) is 0 Å². The molecule has 0 saturated carbocycles. The molecule has 7 nitrogen and oxygen atoms in total. The van der Waals surface area contributed by atoms with Gasteiger partial charge in [-0.05, 0) is 0 Å². The van der Waals surface area contributed by atoms with E-state index in [2.05, 4.69) is 10.6 Å². The maximum atomic E-state index is 11.4. The molecular formula is C10H17N3O4S. The normalized spacial score (nSPS) is 20.2.